The number of esters is 1. The summed E-state index contributed by atoms with van der Waals surface area (Å²) in [7, 11) is 1.41. The van der Waals surface area contributed by atoms with Crippen LogP contribution in [0.5, 0.6) is 0 Å². The third-order valence-electron chi connectivity index (χ3n) is 2.21. The van der Waals surface area contributed by atoms with Gasteiger partial charge in [0.25, 0.3) is 0 Å². The predicted octanol–water partition coefficient (Wildman–Crippen LogP) is 1.50. The first-order valence-corrected chi connectivity index (χ1v) is 5.23. The number of rotatable bonds is 7. The molecule has 1 atom stereocenters. The molecule has 0 aliphatic carbocycles. The lowest BCUT2D eigenvalue weighted by molar-refractivity contribution is -0.155. The Morgan fingerprint density at radius 3 is 2.35 bits per heavy atom. The molecule has 1 N–H and O–H groups in total. The summed E-state index contributed by atoms with van der Waals surface area (Å²) < 4.78 is 45.8. The van der Waals surface area contributed by atoms with E-state index in [1.54, 1.807) is 6.92 Å². The SMILES string of the molecule is CCOC(=O)C(C)(CCOC)NCC(F)(F)F. The molecule has 0 saturated carbocycles. The van der Waals surface area contributed by atoms with E-state index in [4.69, 9.17) is 9.47 Å². The molecule has 17 heavy (non-hydrogen) atoms. The number of nitrogens with one attached hydrogen (secondary N) is 1. The van der Waals surface area contributed by atoms with Crippen LogP contribution >= 0.6 is 0 Å². The Kier molecular flexibility index (Phi) is 6.48. The van der Waals surface area contributed by atoms with Crippen LogP contribution in [0.1, 0.15) is 20.3 Å². The van der Waals surface area contributed by atoms with Crippen LogP contribution in [0.3, 0.4) is 0 Å². The van der Waals surface area contributed by atoms with E-state index in [1.165, 1.54) is 14.0 Å². The van der Waals surface area contributed by atoms with Crippen molar-refractivity contribution < 1.29 is 27.4 Å². The second-order valence-corrected chi connectivity index (χ2v) is 3.76. The van der Waals surface area contributed by atoms with E-state index in [1.807, 2.05) is 0 Å². The fourth-order valence-corrected chi connectivity index (χ4v) is 1.15. The molecule has 0 heterocycles. The minimum Gasteiger partial charge on any atom is -0.465 e. The van der Waals surface area contributed by atoms with Crippen LogP contribution in [0.4, 0.5) is 13.2 Å². The van der Waals surface area contributed by atoms with Gasteiger partial charge in [-0.05, 0) is 20.3 Å². The second kappa shape index (κ2) is 6.80. The van der Waals surface area contributed by atoms with Gasteiger partial charge in [-0.25, -0.2) is 0 Å². The van der Waals surface area contributed by atoms with Crippen molar-refractivity contribution in [2.75, 3.05) is 26.9 Å². The van der Waals surface area contributed by atoms with Gasteiger partial charge in [-0.2, -0.15) is 13.2 Å². The van der Waals surface area contributed by atoms with Gasteiger partial charge in [0.2, 0.25) is 0 Å². The molecule has 0 aliphatic rings. The van der Waals surface area contributed by atoms with Crippen LogP contribution in [0.2, 0.25) is 0 Å². The monoisotopic (exact) mass is 257 g/mol. The number of halogens is 3. The van der Waals surface area contributed by atoms with Gasteiger partial charge in [-0.1, -0.05) is 0 Å². The third kappa shape index (κ3) is 6.48. The number of ether oxygens (including phenoxy) is 2. The molecule has 0 spiro atoms. The van der Waals surface area contributed by atoms with Gasteiger partial charge in [-0.3, -0.25) is 10.1 Å². The molecule has 0 aromatic heterocycles. The lowest BCUT2D eigenvalue weighted by Gasteiger charge is -2.28. The van der Waals surface area contributed by atoms with Crippen LogP contribution in [0.15, 0.2) is 0 Å². The molecule has 1 unspecified atom stereocenters. The molecule has 0 bridgehead atoms. The largest absolute Gasteiger partial charge is 0.465 e. The van der Waals surface area contributed by atoms with Crippen LogP contribution in [-0.4, -0.2) is 44.6 Å². The highest BCUT2D eigenvalue weighted by molar-refractivity contribution is 5.80. The van der Waals surface area contributed by atoms with Gasteiger partial charge >= 0.3 is 12.1 Å². The Morgan fingerprint density at radius 2 is 1.94 bits per heavy atom. The fourth-order valence-electron chi connectivity index (χ4n) is 1.15. The first-order valence-electron chi connectivity index (χ1n) is 5.23. The summed E-state index contributed by atoms with van der Waals surface area (Å²) >= 11 is 0. The molecule has 102 valence electrons. The predicted molar refractivity (Wildman–Crippen MR) is 55.6 cm³/mol. The summed E-state index contributed by atoms with van der Waals surface area (Å²) in [4.78, 5) is 11.6. The molecular formula is C10H18F3NO3. The highest BCUT2D eigenvalue weighted by Crippen LogP contribution is 2.18. The molecule has 0 fully saturated rings. The molecule has 0 aromatic carbocycles. The van der Waals surface area contributed by atoms with Gasteiger partial charge in [-0.15, -0.1) is 0 Å². The minimum atomic E-state index is -4.37. The molecule has 0 aliphatic heterocycles. The lowest BCUT2D eigenvalue weighted by atomic mass is 9.98. The van der Waals surface area contributed by atoms with Gasteiger partial charge in [0.05, 0.1) is 13.2 Å². The van der Waals surface area contributed by atoms with Crippen molar-refractivity contribution in [3.63, 3.8) is 0 Å². The zero-order valence-corrected chi connectivity index (χ0v) is 10.2. The van der Waals surface area contributed by atoms with Crippen molar-refractivity contribution in [1.29, 1.82) is 0 Å². The van der Waals surface area contributed by atoms with Crippen molar-refractivity contribution >= 4 is 5.97 Å². The smallest absolute Gasteiger partial charge is 0.401 e. The molecule has 4 nitrogen and oxygen atoms in total. The van der Waals surface area contributed by atoms with E-state index >= 15 is 0 Å². The normalized spacial score (nSPS) is 15.4. The number of methoxy groups -OCH3 is 1. The minimum absolute atomic E-state index is 0.110. The Balaban J connectivity index is 4.54. The van der Waals surface area contributed by atoms with Crippen molar-refractivity contribution in [1.82, 2.24) is 5.32 Å². The first kappa shape index (κ1) is 16.2. The second-order valence-electron chi connectivity index (χ2n) is 3.76. The van der Waals surface area contributed by atoms with Gasteiger partial charge in [0, 0.05) is 13.7 Å². The van der Waals surface area contributed by atoms with E-state index in [0.717, 1.165) is 0 Å². The average molecular weight is 257 g/mol. The number of hydrogen-bond acceptors (Lipinski definition) is 4. The molecule has 0 radical (unpaired) electrons. The maximum Gasteiger partial charge on any atom is 0.401 e. The Labute approximate surface area is 98.5 Å². The molecule has 7 heteroatoms. The zero-order valence-electron chi connectivity index (χ0n) is 10.2. The number of alkyl halides is 3. The summed E-state index contributed by atoms with van der Waals surface area (Å²) in [6, 6.07) is 0. The molecule has 0 aromatic rings. The summed E-state index contributed by atoms with van der Waals surface area (Å²) in [5.41, 5.74) is -1.39. The Morgan fingerprint density at radius 1 is 1.35 bits per heavy atom. The average Bonchev–Trinajstić information content (AvgIpc) is 2.23. The van der Waals surface area contributed by atoms with E-state index in [9.17, 15) is 18.0 Å². The maximum absolute atomic E-state index is 12.1. The Bertz CT molecular complexity index is 245. The maximum atomic E-state index is 12.1. The fraction of sp³-hybridized carbons (Fsp3) is 0.900. The van der Waals surface area contributed by atoms with E-state index < -0.39 is 24.2 Å². The zero-order chi connectivity index (χ0) is 13.5. The quantitative estimate of drug-likeness (QED) is 0.702. The number of hydrogen-bond donors (Lipinski definition) is 1. The lowest BCUT2D eigenvalue weighted by Crippen LogP contribution is -2.53. The summed E-state index contributed by atoms with van der Waals surface area (Å²) in [6.07, 6.45) is -4.26. The highest BCUT2D eigenvalue weighted by Gasteiger charge is 2.38. The van der Waals surface area contributed by atoms with Gasteiger partial charge < -0.3 is 9.47 Å². The highest BCUT2D eigenvalue weighted by atomic mass is 19.4. The summed E-state index contributed by atoms with van der Waals surface area (Å²) in [6.45, 7) is 2.01. The van der Waals surface area contributed by atoms with Gasteiger partial charge in [0.15, 0.2) is 0 Å². The molecule has 0 saturated heterocycles. The van der Waals surface area contributed by atoms with Crippen LogP contribution in [-0.2, 0) is 14.3 Å². The van der Waals surface area contributed by atoms with E-state index in [0.29, 0.717) is 0 Å². The van der Waals surface area contributed by atoms with Crippen molar-refractivity contribution in [3.05, 3.63) is 0 Å². The van der Waals surface area contributed by atoms with Crippen LogP contribution in [0, 0.1) is 0 Å². The topological polar surface area (TPSA) is 47.6 Å². The van der Waals surface area contributed by atoms with Gasteiger partial charge in [0.1, 0.15) is 5.54 Å². The van der Waals surface area contributed by atoms with E-state index in [2.05, 4.69) is 5.32 Å². The van der Waals surface area contributed by atoms with Crippen molar-refractivity contribution in [3.8, 4) is 0 Å². The number of carbonyl (C=O) groups excluding carboxylic acids is 1. The van der Waals surface area contributed by atoms with Crippen LogP contribution < -0.4 is 5.32 Å². The number of carbonyl (C=O) groups is 1. The summed E-state index contributed by atoms with van der Waals surface area (Å²) in [5, 5.41) is 2.18. The van der Waals surface area contributed by atoms with Crippen LogP contribution in [0.25, 0.3) is 0 Å². The Hall–Kier alpha value is -0.820. The molecule has 0 rings (SSSR count). The molecule has 0 amide bonds. The molecular weight excluding hydrogens is 239 g/mol. The van der Waals surface area contributed by atoms with Crippen molar-refractivity contribution in [2.24, 2.45) is 0 Å². The first-order chi connectivity index (χ1) is 7.75. The van der Waals surface area contributed by atoms with Crippen molar-refractivity contribution in [2.45, 2.75) is 32.0 Å². The summed E-state index contributed by atoms with van der Waals surface area (Å²) in [5.74, 6) is -0.707. The van der Waals surface area contributed by atoms with E-state index in [-0.39, 0.29) is 19.6 Å². The third-order valence-corrected chi connectivity index (χ3v) is 2.21. The standard InChI is InChI=1S/C10H18F3NO3/c1-4-17-8(15)9(2,5-6-16-3)14-7-10(11,12)13/h14H,4-7H2,1-3H3.